The molecule has 7 heteroatoms. The summed E-state index contributed by atoms with van der Waals surface area (Å²) in [6.07, 6.45) is 5.06. The average Bonchev–Trinajstić information content (AvgIpc) is 3.27. The summed E-state index contributed by atoms with van der Waals surface area (Å²) in [5, 5.41) is 3.63. The highest BCUT2D eigenvalue weighted by atomic mass is 16.5. The number of carbonyl (C=O) groups is 2. The lowest BCUT2D eigenvalue weighted by molar-refractivity contribution is -0.122. The zero-order chi connectivity index (χ0) is 24.2. The van der Waals surface area contributed by atoms with E-state index in [9.17, 15) is 9.59 Å². The van der Waals surface area contributed by atoms with Crippen molar-refractivity contribution in [1.29, 1.82) is 0 Å². The molecule has 5 rings (SSSR count). The van der Waals surface area contributed by atoms with Crippen molar-refractivity contribution in [2.75, 3.05) is 31.5 Å². The maximum absolute atomic E-state index is 13.6. The molecule has 0 saturated carbocycles. The number of likely N-dealkylation sites (tertiary alicyclic amines) is 2. The topological polar surface area (TPSA) is 75.0 Å². The molecule has 0 spiro atoms. The number of anilines is 1. The largest absolute Gasteiger partial charge is 0.481 e. The Kier molecular flexibility index (Phi) is 7.04. The summed E-state index contributed by atoms with van der Waals surface area (Å²) in [5.41, 5.74) is 0.989. The number of furan rings is 1. The van der Waals surface area contributed by atoms with E-state index < -0.39 is 6.10 Å². The highest BCUT2D eigenvalue weighted by molar-refractivity contribution is 6.11. The number of piperidine rings is 2. The zero-order valence-corrected chi connectivity index (χ0v) is 20.2. The number of carbonyl (C=O) groups excluding carboxylic acids is 2. The lowest BCUT2D eigenvalue weighted by atomic mass is 9.99. The van der Waals surface area contributed by atoms with Gasteiger partial charge in [0.1, 0.15) is 17.0 Å². The van der Waals surface area contributed by atoms with Gasteiger partial charge in [0.25, 0.3) is 11.8 Å². The van der Waals surface area contributed by atoms with Crippen LogP contribution in [0, 0.1) is 0 Å². The Morgan fingerprint density at radius 2 is 1.63 bits per heavy atom. The van der Waals surface area contributed by atoms with Crippen LogP contribution in [0.5, 0.6) is 5.75 Å². The van der Waals surface area contributed by atoms with Gasteiger partial charge in [-0.05, 0) is 70.0 Å². The van der Waals surface area contributed by atoms with Gasteiger partial charge in [0, 0.05) is 24.5 Å². The molecule has 184 valence electrons. The van der Waals surface area contributed by atoms with E-state index in [1.165, 1.54) is 32.4 Å². The van der Waals surface area contributed by atoms with Crippen molar-refractivity contribution < 1.29 is 18.7 Å². The molecule has 3 aromatic rings. The van der Waals surface area contributed by atoms with Crippen molar-refractivity contribution in [3.05, 3.63) is 60.4 Å². The summed E-state index contributed by atoms with van der Waals surface area (Å²) in [7, 11) is 0. The maximum Gasteiger partial charge on any atom is 0.291 e. The van der Waals surface area contributed by atoms with Gasteiger partial charge < -0.3 is 24.3 Å². The molecule has 0 bridgehead atoms. The second-order valence-corrected chi connectivity index (χ2v) is 9.48. The highest BCUT2D eigenvalue weighted by Gasteiger charge is 2.32. The number of nitrogens with one attached hydrogen (secondary N) is 1. The molecule has 0 unspecified atom stereocenters. The second kappa shape index (κ2) is 10.5. The van der Waals surface area contributed by atoms with Gasteiger partial charge in [0.15, 0.2) is 6.10 Å². The molecular weight excluding hydrogens is 442 g/mol. The van der Waals surface area contributed by atoms with Crippen LogP contribution in [0.25, 0.3) is 11.0 Å². The van der Waals surface area contributed by atoms with Crippen molar-refractivity contribution in [1.82, 2.24) is 9.80 Å². The van der Waals surface area contributed by atoms with Gasteiger partial charge >= 0.3 is 0 Å². The van der Waals surface area contributed by atoms with E-state index in [1.54, 1.807) is 19.1 Å². The van der Waals surface area contributed by atoms with Gasteiger partial charge in [-0.3, -0.25) is 9.59 Å². The third-order valence-corrected chi connectivity index (χ3v) is 7.12. The number of nitrogens with zero attached hydrogens (tertiary/aromatic N) is 2. The van der Waals surface area contributed by atoms with E-state index in [0.29, 0.717) is 41.5 Å². The van der Waals surface area contributed by atoms with Gasteiger partial charge in [-0.2, -0.15) is 0 Å². The maximum atomic E-state index is 13.6. The first-order chi connectivity index (χ1) is 17.1. The van der Waals surface area contributed by atoms with Crippen LogP contribution in [-0.4, -0.2) is 59.9 Å². The third-order valence-electron chi connectivity index (χ3n) is 7.12. The predicted octanol–water partition coefficient (Wildman–Crippen LogP) is 4.93. The first kappa shape index (κ1) is 23.4. The third kappa shape index (κ3) is 5.20. The normalized spacial score (nSPS) is 18.4. The Bertz CT molecular complexity index is 1160. The van der Waals surface area contributed by atoms with Crippen molar-refractivity contribution in [2.45, 2.75) is 51.2 Å². The number of ether oxygens (including phenoxy) is 1. The number of hydrogen-bond donors (Lipinski definition) is 1. The summed E-state index contributed by atoms with van der Waals surface area (Å²) in [4.78, 5) is 31.0. The molecule has 2 fully saturated rings. The lowest BCUT2D eigenvalue weighted by Crippen LogP contribution is -2.48. The number of benzene rings is 2. The molecule has 7 nitrogen and oxygen atoms in total. The Balaban J connectivity index is 1.31. The van der Waals surface area contributed by atoms with Crippen LogP contribution in [0.15, 0.2) is 59.0 Å². The Morgan fingerprint density at radius 1 is 0.943 bits per heavy atom. The fraction of sp³-hybridized carbons (Fsp3) is 0.429. The van der Waals surface area contributed by atoms with E-state index in [0.717, 1.165) is 12.8 Å². The van der Waals surface area contributed by atoms with E-state index in [4.69, 9.17) is 9.15 Å². The van der Waals surface area contributed by atoms with Crippen LogP contribution >= 0.6 is 0 Å². The summed E-state index contributed by atoms with van der Waals surface area (Å²) < 4.78 is 11.8. The molecule has 2 aliphatic heterocycles. The van der Waals surface area contributed by atoms with Crippen LogP contribution in [-0.2, 0) is 4.79 Å². The molecule has 3 heterocycles. The van der Waals surface area contributed by atoms with E-state index in [-0.39, 0.29) is 17.6 Å². The van der Waals surface area contributed by atoms with Crippen molar-refractivity contribution in [2.24, 2.45) is 0 Å². The number of fused-ring (bicyclic) bond motifs is 1. The number of rotatable bonds is 6. The van der Waals surface area contributed by atoms with Gasteiger partial charge in [-0.1, -0.05) is 36.8 Å². The highest BCUT2D eigenvalue weighted by Crippen LogP contribution is 2.33. The molecule has 35 heavy (non-hydrogen) atoms. The molecule has 2 saturated heterocycles. The van der Waals surface area contributed by atoms with E-state index in [1.807, 2.05) is 47.4 Å². The van der Waals surface area contributed by atoms with Crippen LogP contribution < -0.4 is 10.1 Å². The van der Waals surface area contributed by atoms with Gasteiger partial charge in [-0.15, -0.1) is 0 Å². The Labute approximate surface area is 206 Å². The zero-order valence-electron chi connectivity index (χ0n) is 20.2. The lowest BCUT2D eigenvalue weighted by Gasteiger charge is -2.40. The van der Waals surface area contributed by atoms with Crippen LogP contribution in [0.2, 0.25) is 0 Å². The van der Waals surface area contributed by atoms with Gasteiger partial charge in [0.05, 0.1) is 0 Å². The average molecular weight is 476 g/mol. The summed E-state index contributed by atoms with van der Waals surface area (Å²) in [5.74, 6) is 0.284. The summed E-state index contributed by atoms with van der Waals surface area (Å²) in [6.45, 7) is 5.41. The SMILES string of the molecule is C[C@H](Oc1ccccc1)C(=O)Nc1c(C(=O)N2CCC(N3CCCCC3)CC2)oc2ccccc12. The first-order valence-electron chi connectivity index (χ1n) is 12.7. The number of amides is 2. The van der Waals surface area contributed by atoms with Crippen LogP contribution in [0.4, 0.5) is 5.69 Å². The second-order valence-electron chi connectivity index (χ2n) is 9.48. The fourth-order valence-corrected chi connectivity index (χ4v) is 5.16. The molecule has 0 radical (unpaired) electrons. The van der Waals surface area contributed by atoms with E-state index in [2.05, 4.69) is 10.2 Å². The Hall–Kier alpha value is -3.32. The molecule has 2 aliphatic rings. The molecule has 1 aromatic heterocycles. The molecule has 0 aliphatic carbocycles. The standard InChI is InChI=1S/C28H33N3O4/c1-20(34-22-10-4-2-5-11-22)27(32)29-25-23-12-6-7-13-24(23)35-26(25)28(33)31-18-14-21(15-19-31)30-16-8-3-9-17-30/h2,4-7,10-13,20-21H,3,8-9,14-19H2,1H3,(H,29,32)/t20-/m0/s1. The van der Waals surface area contributed by atoms with Crippen molar-refractivity contribution >= 4 is 28.5 Å². The van der Waals surface area contributed by atoms with Crippen LogP contribution in [0.1, 0.15) is 49.6 Å². The fourth-order valence-electron chi connectivity index (χ4n) is 5.16. The number of para-hydroxylation sites is 2. The molecule has 1 N–H and O–H groups in total. The molecular formula is C28H33N3O4. The van der Waals surface area contributed by atoms with E-state index >= 15 is 0 Å². The minimum absolute atomic E-state index is 0.176. The van der Waals surface area contributed by atoms with Gasteiger partial charge in [-0.25, -0.2) is 0 Å². The summed E-state index contributed by atoms with van der Waals surface area (Å²) in [6, 6.07) is 17.2. The predicted molar refractivity (Wildman–Crippen MR) is 136 cm³/mol. The quantitative estimate of drug-likeness (QED) is 0.547. The van der Waals surface area contributed by atoms with Crippen molar-refractivity contribution in [3.8, 4) is 5.75 Å². The minimum atomic E-state index is -0.741. The smallest absolute Gasteiger partial charge is 0.291 e. The summed E-state index contributed by atoms with van der Waals surface area (Å²) >= 11 is 0. The minimum Gasteiger partial charge on any atom is -0.481 e. The molecule has 2 aromatic carbocycles. The monoisotopic (exact) mass is 475 g/mol. The number of hydrogen-bond acceptors (Lipinski definition) is 5. The van der Waals surface area contributed by atoms with Crippen LogP contribution in [0.3, 0.4) is 0 Å². The molecule has 1 atom stereocenters. The first-order valence-corrected chi connectivity index (χ1v) is 12.7. The molecule has 2 amide bonds. The van der Waals surface area contributed by atoms with Gasteiger partial charge in [0.2, 0.25) is 5.76 Å². The Morgan fingerprint density at radius 3 is 2.37 bits per heavy atom. The van der Waals surface area contributed by atoms with Crippen molar-refractivity contribution in [3.63, 3.8) is 0 Å².